The summed E-state index contributed by atoms with van der Waals surface area (Å²) in [6.45, 7) is 3.24. The summed E-state index contributed by atoms with van der Waals surface area (Å²) in [5, 5.41) is 3.65. The van der Waals surface area contributed by atoms with Gasteiger partial charge in [-0.1, -0.05) is 6.58 Å². The van der Waals surface area contributed by atoms with E-state index in [1.54, 1.807) is 0 Å². The van der Waals surface area contributed by atoms with E-state index in [1.807, 2.05) is 0 Å². The first-order valence-corrected chi connectivity index (χ1v) is 2.67. The van der Waals surface area contributed by atoms with E-state index in [1.165, 1.54) is 23.5 Å². The molecule has 0 radical (unpaired) electrons. The highest BCUT2D eigenvalue weighted by atomic mass is 19.1. The van der Waals surface area contributed by atoms with Crippen LogP contribution in [0.1, 0.15) is 0 Å². The predicted octanol–water partition coefficient (Wildman–Crippen LogP) is 1.23. The quantitative estimate of drug-likeness (QED) is 0.577. The molecule has 0 amide bonds. The average Bonchev–Trinajstić information content (AvgIpc) is 2.40. The largest absolute Gasteiger partial charge is 0.225 e. The molecule has 0 bridgehead atoms. The Kier molecular flexibility index (Phi) is 1.94. The molecule has 3 nitrogen and oxygen atoms in total. The maximum absolute atomic E-state index is 12.3. The molecule has 0 atom stereocenters. The summed E-state index contributed by atoms with van der Waals surface area (Å²) >= 11 is 0. The molecule has 0 aliphatic carbocycles. The minimum absolute atomic E-state index is 0.439. The molecule has 1 heterocycles. The molecule has 0 aliphatic heterocycles. The Morgan fingerprint density at radius 2 is 2.50 bits per heavy atom. The fourth-order valence-electron chi connectivity index (χ4n) is 0.463. The van der Waals surface area contributed by atoms with Crippen LogP contribution < -0.4 is 0 Å². The molecule has 0 unspecified atom stereocenters. The number of hydrogen-bond donors (Lipinski definition) is 0. The van der Waals surface area contributed by atoms with Crippen molar-refractivity contribution in [1.82, 2.24) is 14.8 Å². The Morgan fingerprint density at radius 1 is 1.70 bits per heavy atom. The van der Waals surface area contributed by atoms with Crippen LogP contribution in [0.4, 0.5) is 4.39 Å². The van der Waals surface area contributed by atoms with Gasteiger partial charge in [0.1, 0.15) is 18.5 Å². The van der Waals surface area contributed by atoms with Crippen molar-refractivity contribution < 1.29 is 4.39 Å². The lowest BCUT2D eigenvalue weighted by molar-refractivity contribution is 0.666. The van der Waals surface area contributed by atoms with Crippen LogP contribution in [0.25, 0.3) is 6.20 Å². The second-order valence-corrected chi connectivity index (χ2v) is 1.59. The van der Waals surface area contributed by atoms with Crippen molar-refractivity contribution in [1.29, 1.82) is 0 Å². The normalized spacial score (nSPS) is 11.5. The van der Waals surface area contributed by atoms with Crippen LogP contribution in [0, 0.1) is 0 Å². The molecule has 0 saturated heterocycles. The van der Waals surface area contributed by atoms with Gasteiger partial charge in [0.25, 0.3) is 0 Å². The zero-order valence-corrected chi connectivity index (χ0v) is 5.24. The van der Waals surface area contributed by atoms with E-state index in [-0.39, 0.29) is 0 Å². The molecule has 0 aromatic carbocycles. The molecule has 1 aromatic rings. The molecule has 0 fully saturated rings. The van der Waals surface area contributed by atoms with Crippen LogP contribution in [-0.4, -0.2) is 14.8 Å². The number of allylic oxidation sites excluding steroid dienone is 2. The van der Waals surface area contributed by atoms with Gasteiger partial charge in [-0.3, -0.25) is 0 Å². The van der Waals surface area contributed by atoms with Crippen LogP contribution >= 0.6 is 0 Å². The fourth-order valence-corrected chi connectivity index (χ4v) is 0.463. The van der Waals surface area contributed by atoms with Gasteiger partial charge in [0.2, 0.25) is 0 Å². The maximum atomic E-state index is 12.3. The number of rotatable bonds is 2. The minimum Gasteiger partial charge on any atom is -0.225 e. The van der Waals surface area contributed by atoms with E-state index < -0.39 is 5.83 Å². The van der Waals surface area contributed by atoms with E-state index in [2.05, 4.69) is 16.7 Å². The number of aromatic nitrogens is 3. The van der Waals surface area contributed by atoms with Gasteiger partial charge >= 0.3 is 0 Å². The molecule has 52 valence electrons. The van der Waals surface area contributed by atoms with Crippen molar-refractivity contribution in [3.8, 4) is 0 Å². The molecule has 4 heteroatoms. The van der Waals surface area contributed by atoms with E-state index in [9.17, 15) is 4.39 Å². The Bertz CT molecular complexity index is 238. The van der Waals surface area contributed by atoms with Crippen LogP contribution in [0.3, 0.4) is 0 Å². The Morgan fingerprint density at radius 3 is 3.00 bits per heavy atom. The molecule has 10 heavy (non-hydrogen) atoms. The summed E-state index contributed by atoms with van der Waals surface area (Å²) in [6.07, 6.45) is 5.00. The third-order valence-electron chi connectivity index (χ3n) is 0.887. The first-order chi connectivity index (χ1) is 4.83. The Balaban J connectivity index is 2.80. The van der Waals surface area contributed by atoms with Crippen LogP contribution in [0.5, 0.6) is 0 Å². The smallest absolute Gasteiger partial charge is 0.140 e. The Labute approximate surface area is 57.5 Å². The second kappa shape index (κ2) is 2.91. The number of halogens is 1. The zero-order valence-electron chi connectivity index (χ0n) is 5.24. The molecule has 1 aromatic heterocycles. The van der Waals surface area contributed by atoms with Crippen molar-refractivity contribution in [2.24, 2.45) is 0 Å². The highest BCUT2D eigenvalue weighted by molar-refractivity contribution is 5.29. The van der Waals surface area contributed by atoms with Crippen molar-refractivity contribution >= 4 is 6.20 Å². The summed E-state index contributed by atoms with van der Waals surface area (Å²) < 4.78 is 13.6. The van der Waals surface area contributed by atoms with Gasteiger partial charge in [0, 0.05) is 0 Å². The van der Waals surface area contributed by atoms with Gasteiger partial charge < -0.3 is 0 Å². The summed E-state index contributed by atoms with van der Waals surface area (Å²) in [7, 11) is 0. The van der Waals surface area contributed by atoms with Crippen LogP contribution in [0.2, 0.25) is 0 Å². The van der Waals surface area contributed by atoms with E-state index in [0.29, 0.717) is 0 Å². The van der Waals surface area contributed by atoms with Gasteiger partial charge in [-0.2, -0.15) is 5.10 Å². The van der Waals surface area contributed by atoms with Gasteiger partial charge in [-0.25, -0.2) is 14.1 Å². The molecule has 0 aliphatic rings. The maximum Gasteiger partial charge on any atom is 0.140 e. The highest BCUT2D eigenvalue weighted by Gasteiger charge is 1.86. The summed E-state index contributed by atoms with van der Waals surface area (Å²) in [4.78, 5) is 3.62. The van der Waals surface area contributed by atoms with Crippen LogP contribution in [-0.2, 0) is 0 Å². The van der Waals surface area contributed by atoms with Crippen molar-refractivity contribution in [2.45, 2.75) is 0 Å². The third kappa shape index (κ3) is 1.51. The monoisotopic (exact) mass is 139 g/mol. The van der Waals surface area contributed by atoms with Gasteiger partial charge in [0.15, 0.2) is 0 Å². The summed E-state index contributed by atoms with van der Waals surface area (Å²) in [5.74, 6) is -0.439. The summed E-state index contributed by atoms with van der Waals surface area (Å²) in [6, 6.07) is 0. The topological polar surface area (TPSA) is 30.7 Å². The molecule has 0 saturated carbocycles. The van der Waals surface area contributed by atoms with Crippen molar-refractivity contribution in [3.05, 3.63) is 31.1 Å². The van der Waals surface area contributed by atoms with Crippen molar-refractivity contribution in [2.75, 3.05) is 0 Å². The standard InChI is InChI=1S/C6H6FN3/c1-2-6(7)3-10-5-8-4-9-10/h2-5H,1H2/b6-3-. The van der Waals surface area contributed by atoms with Gasteiger partial charge in [-0.15, -0.1) is 0 Å². The predicted molar refractivity (Wildman–Crippen MR) is 35.6 cm³/mol. The van der Waals surface area contributed by atoms with Gasteiger partial charge in [0.05, 0.1) is 6.20 Å². The SMILES string of the molecule is C=C/C(F)=C/n1cncn1. The molecule has 0 N–H and O–H groups in total. The van der Waals surface area contributed by atoms with E-state index in [0.717, 1.165) is 6.08 Å². The number of hydrogen-bond acceptors (Lipinski definition) is 2. The second-order valence-electron chi connectivity index (χ2n) is 1.59. The Hall–Kier alpha value is -1.45. The lowest BCUT2D eigenvalue weighted by Crippen LogP contribution is -1.85. The highest BCUT2D eigenvalue weighted by Crippen LogP contribution is 1.97. The molecular weight excluding hydrogens is 133 g/mol. The van der Waals surface area contributed by atoms with Crippen molar-refractivity contribution in [3.63, 3.8) is 0 Å². The molecule has 0 spiro atoms. The van der Waals surface area contributed by atoms with E-state index in [4.69, 9.17) is 0 Å². The minimum atomic E-state index is -0.439. The first kappa shape index (κ1) is 6.67. The van der Waals surface area contributed by atoms with Gasteiger partial charge in [-0.05, 0) is 6.08 Å². The first-order valence-electron chi connectivity index (χ1n) is 2.67. The third-order valence-corrected chi connectivity index (χ3v) is 0.887. The van der Waals surface area contributed by atoms with Crippen LogP contribution in [0.15, 0.2) is 31.1 Å². The fraction of sp³-hybridized carbons (Fsp3) is 0. The molecular formula is C6H6FN3. The van der Waals surface area contributed by atoms with E-state index >= 15 is 0 Å². The number of nitrogens with zero attached hydrogens (tertiary/aromatic N) is 3. The zero-order chi connectivity index (χ0) is 7.40. The average molecular weight is 139 g/mol. The lowest BCUT2D eigenvalue weighted by Gasteiger charge is -1.86. The summed E-state index contributed by atoms with van der Waals surface area (Å²) in [5.41, 5.74) is 0. The lowest BCUT2D eigenvalue weighted by atomic mass is 10.5. The molecule has 1 rings (SSSR count).